The molecule has 1 saturated carbocycles. The molecule has 1 aliphatic rings. The number of hydrogen-bond acceptors (Lipinski definition) is 1. The Bertz CT molecular complexity index is 375. The molecule has 0 radical (unpaired) electrons. The summed E-state index contributed by atoms with van der Waals surface area (Å²) in [4.78, 5) is 0. The molecule has 0 heterocycles. The van der Waals surface area contributed by atoms with E-state index >= 15 is 0 Å². The molecule has 1 aromatic rings. The Balaban J connectivity index is 1.61. The van der Waals surface area contributed by atoms with E-state index in [1.165, 1.54) is 38.2 Å². The van der Waals surface area contributed by atoms with Crippen molar-refractivity contribution >= 4 is 11.6 Å². The summed E-state index contributed by atoms with van der Waals surface area (Å²) in [7, 11) is 0. The van der Waals surface area contributed by atoms with Crippen LogP contribution in [0.4, 0.5) is 4.39 Å². The van der Waals surface area contributed by atoms with Gasteiger partial charge in [-0.2, -0.15) is 0 Å². The smallest absolute Gasteiger partial charge is 0.141 e. The monoisotopic (exact) mass is 269 g/mol. The first-order chi connectivity index (χ1) is 8.75. The Morgan fingerprint density at radius 3 is 2.72 bits per heavy atom. The van der Waals surface area contributed by atoms with Gasteiger partial charge in [-0.3, -0.25) is 0 Å². The van der Waals surface area contributed by atoms with Crippen LogP contribution in [0.3, 0.4) is 0 Å². The molecule has 3 heteroatoms. The van der Waals surface area contributed by atoms with Gasteiger partial charge in [0.05, 0.1) is 5.02 Å². The lowest BCUT2D eigenvalue weighted by Gasteiger charge is -2.11. The summed E-state index contributed by atoms with van der Waals surface area (Å²) in [6.45, 7) is 1.10. The summed E-state index contributed by atoms with van der Waals surface area (Å²) < 4.78 is 13.0. The fourth-order valence-electron chi connectivity index (χ4n) is 2.59. The predicted octanol–water partition coefficient (Wildman–Crippen LogP) is 4.33. The number of benzene rings is 1. The second kappa shape index (κ2) is 7.10. The fourth-order valence-corrected chi connectivity index (χ4v) is 2.79. The van der Waals surface area contributed by atoms with E-state index in [4.69, 9.17) is 11.6 Å². The number of aryl methyl sites for hydroxylation is 1. The Morgan fingerprint density at radius 2 is 2.00 bits per heavy atom. The highest BCUT2D eigenvalue weighted by molar-refractivity contribution is 6.30. The van der Waals surface area contributed by atoms with Gasteiger partial charge in [-0.15, -0.1) is 0 Å². The minimum Gasteiger partial charge on any atom is -0.314 e. The number of rotatable bonds is 6. The average molecular weight is 270 g/mol. The average Bonchev–Trinajstić information content (AvgIpc) is 2.86. The summed E-state index contributed by atoms with van der Waals surface area (Å²) >= 11 is 5.75. The zero-order chi connectivity index (χ0) is 12.8. The van der Waals surface area contributed by atoms with E-state index < -0.39 is 0 Å². The van der Waals surface area contributed by atoms with Crippen LogP contribution in [0.15, 0.2) is 18.2 Å². The fraction of sp³-hybridized carbons (Fsp3) is 0.600. The molecule has 1 aliphatic carbocycles. The van der Waals surface area contributed by atoms with Crippen molar-refractivity contribution < 1.29 is 4.39 Å². The van der Waals surface area contributed by atoms with E-state index in [0.29, 0.717) is 0 Å². The van der Waals surface area contributed by atoms with Crippen molar-refractivity contribution in [2.24, 2.45) is 0 Å². The number of unbranched alkanes of at least 4 members (excludes halogenated alkanes) is 1. The maximum absolute atomic E-state index is 13.0. The second-order valence-electron chi connectivity index (χ2n) is 5.14. The van der Waals surface area contributed by atoms with Crippen molar-refractivity contribution in [3.8, 4) is 0 Å². The minimum atomic E-state index is -0.330. The lowest BCUT2D eigenvalue weighted by molar-refractivity contribution is 0.508. The van der Waals surface area contributed by atoms with Crippen molar-refractivity contribution in [1.82, 2.24) is 5.32 Å². The second-order valence-corrected chi connectivity index (χ2v) is 5.55. The lowest BCUT2D eigenvalue weighted by atomic mass is 10.1. The largest absolute Gasteiger partial charge is 0.314 e. The highest BCUT2D eigenvalue weighted by Crippen LogP contribution is 2.18. The molecular formula is C15H21ClFN. The van der Waals surface area contributed by atoms with Crippen LogP contribution in [0.1, 0.15) is 44.1 Å². The van der Waals surface area contributed by atoms with Crippen LogP contribution >= 0.6 is 11.6 Å². The van der Waals surface area contributed by atoms with Crippen LogP contribution in [0, 0.1) is 5.82 Å². The van der Waals surface area contributed by atoms with Crippen LogP contribution < -0.4 is 5.32 Å². The van der Waals surface area contributed by atoms with Crippen LogP contribution in [-0.4, -0.2) is 12.6 Å². The molecule has 1 aromatic carbocycles. The topological polar surface area (TPSA) is 12.0 Å². The Kier molecular flexibility index (Phi) is 5.45. The van der Waals surface area contributed by atoms with Crippen LogP contribution in [0.2, 0.25) is 5.02 Å². The standard InChI is InChI=1S/C15H21ClFN/c16-14-11-12(8-9-15(14)17)5-3-4-10-18-13-6-1-2-7-13/h8-9,11,13,18H,1-7,10H2. The SMILES string of the molecule is Fc1ccc(CCCCNC2CCCC2)cc1Cl. The van der Waals surface area contributed by atoms with E-state index in [-0.39, 0.29) is 10.8 Å². The van der Waals surface area contributed by atoms with Crippen LogP contribution in [0.25, 0.3) is 0 Å². The molecule has 2 rings (SSSR count). The van der Waals surface area contributed by atoms with Gasteiger partial charge in [0.15, 0.2) is 0 Å². The van der Waals surface area contributed by atoms with Crippen molar-refractivity contribution in [3.63, 3.8) is 0 Å². The molecule has 1 nitrogen and oxygen atoms in total. The third kappa shape index (κ3) is 4.25. The van der Waals surface area contributed by atoms with Gasteiger partial charge in [-0.25, -0.2) is 4.39 Å². The first-order valence-electron chi connectivity index (χ1n) is 6.93. The van der Waals surface area contributed by atoms with Gasteiger partial charge >= 0.3 is 0 Å². The van der Waals surface area contributed by atoms with Gasteiger partial charge in [0.1, 0.15) is 5.82 Å². The lowest BCUT2D eigenvalue weighted by Crippen LogP contribution is -2.26. The van der Waals surface area contributed by atoms with Crippen molar-refractivity contribution in [2.45, 2.75) is 51.0 Å². The van der Waals surface area contributed by atoms with Crippen LogP contribution in [-0.2, 0) is 6.42 Å². The normalized spacial score (nSPS) is 16.3. The van der Waals surface area contributed by atoms with Gasteiger partial charge in [0.25, 0.3) is 0 Å². The molecule has 1 fully saturated rings. The molecule has 0 aromatic heterocycles. The van der Waals surface area contributed by atoms with Gasteiger partial charge in [-0.05, 0) is 56.3 Å². The molecule has 0 atom stereocenters. The van der Waals surface area contributed by atoms with E-state index in [9.17, 15) is 4.39 Å². The Labute approximate surface area is 114 Å². The number of hydrogen-bond donors (Lipinski definition) is 1. The summed E-state index contributed by atoms with van der Waals surface area (Å²) in [6, 6.07) is 5.77. The van der Waals surface area contributed by atoms with Crippen molar-refractivity contribution in [2.75, 3.05) is 6.54 Å². The zero-order valence-corrected chi connectivity index (χ0v) is 11.5. The number of nitrogens with one attached hydrogen (secondary N) is 1. The van der Waals surface area contributed by atoms with E-state index in [0.717, 1.165) is 31.0 Å². The Morgan fingerprint density at radius 1 is 1.22 bits per heavy atom. The Hall–Kier alpha value is -0.600. The first kappa shape index (κ1) is 13.8. The summed E-state index contributed by atoms with van der Waals surface area (Å²) in [5.74, 6) is -0.330. The van der Waals surface area contributed by atoms with Gasteiger partial charge in [0, 0.05) is 6.04 Å². The van der Waals surface area contributed by atoms with Gasteiger partial charge < -0.3 is 5.32 Å². The summed E-state index contributed by atoms with van der Waals surface area (Å²) in [5, 5.41) is 3.84. The zero-order valence-electron chi connectivity index (χ0n) is 10.7. The van der Waals surface area contributed by atoms with Crippen LogP contribution in [0.5, 0.6) is 0 Å². The first-order valence-corrected chi connectivity index (χ1v) is 7.31. The maximum Gasteiger partial charge on any atom is 0.141 e. The molecule has 0 bridgehead atoms. The van der Waals surface area contributed by atoms with Crippen molar-refractivity contribution in [1.29, 1.82) is 0 Å². The molecule has 0 unspecified atom stereocenters. The van der Waals surface area contributed by atoms with Crippen molar-refractivity contribution in [3.05, 3.63) is 34.6 Å². The molecule has 0 aliphatic heterocycles. The molecule has 18 heavy (non-hydrogen) atoms. The number of halogens is 2. The third-order valence-electron chi connectivity index (χ3n) is 3.66. The van der Waals surface area contributed by atoms with Gasteiger partial charge in [-0.1, -0.05) is 30.5 Å². The highest BCUT2D eigenvalue weighted by Gasteiger charge is 2.13. The summed E-state index contributed by atoms with van der Waals surface area (Å²) in [5.41, 5.74) is 1.13. The minimum absolute atomic E-state index is 0.233. The van der Waals surface area contributed by atoms with E-state index in [2.05, 4.69) is 5.32 Å². The molecule has 0 amide bonds. The van der Waals surface area contributed by atoms with E-state index in [1.807, 2.05) is 6.07 Å². The molecular weight excluding hydrogens is 249 g/mol. The highest BCUT2D eigenvalue weighted by atomic mass is 35.5. The van der Waals surface area contributed by atoms with E-state index in [1.54, 1.807) is 6.07 Å². The quantitative estimate of drug-likeness (QED) is 0.758. The molecule has 100 valence electrons. The molecule has 0 spiro atoms. The predicted molar refractivity (Wildman–Crippen MR) is 74.6 cm³/mol. The molecule has 1 N–H and O–H groups in total. The maximum atomic E-state index is 13.0. The third-order valence-corrected chi connectivity index (χ3v) is 3.95. The molecule has 0 saturated heterocycles. The summed E-state index contributed by atoms with van der Waals surface area (Å²) in [6.07, 6.45) is 8.72. The van der Waals surface area contributed by atoms with Gasteiger partial charge in [0.2, 0.25) is 0 Å².